The summed E-state index contributed by atoms with van der Waals surface area (Å²) in [6.45, 7) is 0. The van der Waals surface area contributed by atoms with E-state index in [-0.39, 0.29) is 5.69 Å². The van der Waals surface area contributed by atoms with E-state index < -0.39 is 16.2 Å². The topological polar surface area (TPSA) is 96.2 Å². The maximum atomic E-state index is 11.0. The molecule has 0 fully saturated rings. The molecule has 6 nitrogen and oxygen atoms in total. The van der Waals surface area contributed by atoms with E-state index in [1.807, 2.05) is 0 Å². The average molecular weight is 206 g/mol. The third-order valence-electron chi connectivity index (χ3n) is 2.02. The van der Waals surface area contributed by atoms with Crippen LogP contribution >= 0.6 is 0 Å². The molecule has 0 bridgehead atoms. The normalized spacial score (nSPS) is 10.4. The van der Waals surface area contributed by atoms with E-state index >= 15 is 0 Å². The Labute approximate surface area is 82.9 Å². The highest BCUT2D eigenvalue weighted by Crippen LogP contribution is 2.20. The van der Waals surface area contributed by atoms with Crippen molar-refractivity contribution in [3.05, 3.63) is 44.7 Å². The van der Waals surface area contributed by atoms with Crippen molar-refractivity contribution < 1.29 is 10.0 Å². The van der Waals surface area contributed by atoms with Crippen molar-refractivity contribution in [3.63, 3.8) is 0 Å². The minimum atomic E-state index is -0.614. The Bertz CT molecular complexity index is 603. The molecule has 0 atom stereocenters. The first-order valence-corrected chi connectivity index (χ1v) is 4.08. The standard InChI is InChI=1S/C9H6N2O4/c12-8-4-5-3-6(11(14)15)1-2-7(5)10-9(8)13/h1-4,12H,(H,10,13). The first-order chi connectivity index (χ1) is 7.08. The highest BCUT2D eigenvalue weighted by Gasteiger charge is 2.07. The van der Waals surface area contributed by atoms with E-state index in [4.69, 9.17) is 5.11 Å². The molecule has 0 radical (unpaired) electrons. The van der Waals surface area contributed by atoms with Crippen LogP contribution in [0, 0.1) is 10.1 Å². The number of pyridine rings is 1. The van der Waals surface area contributed by atoms with Crippen molar-refractivity contribution in [2.75, 3.05) is 0 Å². The fraction of sp³-hybridized carbons (Fsp3) is 0. The van der Waals surface area contributed by atoms with Crippen LogP contribution in [0.15, 0.2) is 29.1 Å². The van der Waals surface area contributed by atoms with Crippen molar-refractivity contribution in [1.82, 2.24) is 4.98 Å². The van der Waals surface area contributed by atoms with E-state index in [0.29, 0.717) is 10.9 Å². The van der Waals surface area contributed by atoms with Gasteiger partial charge in [0.05, 0.1) is 4.92 Å². The van der Waals surface area contributed by atoms with Crippen LogP contribution in [0.1, 0.15) is 0 Å². The molecule has 0 amide bonds. The Hall–Kier alpha value is -2.37. The lowest BCUT2D eigenvalue weighted by Crippen LogP contribution is -2.04. The predicted octanol–water partition coefficient (Wildman–Crippen LogP) is 1.14. The summed E-state index contributed by atoms with van der Waals surface area (Å²) in [7, 11) is 0. The molecule has 0 spiro atoms. The Balaban J connectivity index is 2.77. The second-order valence-corrected chi connectivity index (χ2v) is 3.01. The van der Waals surface area contributed by atoms with Crippen molar-refractivity contribution in [2.45, 2.75) is 0 Å². The number of aromatic hydroxyl groups is 1. The van der Waals surface area contributed by atoms with Crippen LogP contribution in [0.4, 0.5) is 5.69 Å². The van der Waals surface area contributed by atoms with Gasteiger partial charge in [-0.25, -0.2) is 0 Å². The van der Waals surface area contributed by atoms with Gasteiger partial charge < -0.3 is 10.1 Å². The molecule has 2 aromatic rings. The Morgan fingerprint density at radius 2 is 2.07 bits per heavy atom. The van der Waals surface area contributed by atoms with Crippen molar-refractivity contribution in [2.24, 2.45) is 0 Å². The van der Waals surface area contributed by atoms with Crippen molar-refractivity contribution >= 4 is 16.6 Å². The van der Waals surface area contributed by atoms with Gasteiger partial charge in [0.25, 0.3) is 11.2 Å². The number of nitro groups is 1. The highest BCUT2D eigenvalue weighted by atomic mass is 16.6. The van der Waals surface area contributed by atoms with Gasteiger partial charge in [0, 0.05) is 23.0 Å². The quantitative estimate of drug-likeness (QED) is 0.540. The summed E-state index contributed by atoms with van der Waals surface area (Å²) in [5, 5.41) is 20.0. The number of aromatic amines is 1. The van der Waals surface area contributed by atoms with Crippen LogP contribution in [-0.4, -0.2) is 15.0 Å². The first kappa shape index (κ1) is 9.20. The number of benzene rings is 1. The molecule has 6 heteroatoms. The molecule has 0 aliphatic carbocycles. The zero-order valence-corrected chi connectivity index (χ0v) is 7.43. The second-order valence-electron chi connectivity index (χ2n) is 3.01. The molecule has 0 saturated heterocycles. The number of H-pyrrole nitrogens is 1. The van der Waals surface area contributed by atoms with E-state index in [1.165, 1.54) is 24.3 Å². The van der Waals surface area contributed by atoms with E-state index in [2.05, 4.69) is 4.98 Å². The van der Waals surface area contributed by atoms with Gasteiger partial charge >= 0.3 is 0 Å². The fourth-order valence-electron chi connectivity index (χ4n) is 1.30. The van der Waals surface area contributed by atoms with Crippen LogP contribution in [-0.2, 0) is 0 Å². The zero-order valence-electron chi connectivity index (χ0n) is 7.43. The molecule has 1 heterocycles. The molecule has 1 aromatic heterocycles. The minimum Gasteiger partial charge on any atom is -0.503 e. The number of non-ortho nitro benzene ring substituents is 1. The second kappa shape index (κ2) is 3.09. The Kier molecular flexibility index (Phi) is 1.89. The van der Waals surface area contributed by atoms with Gasteiger partial charge in [-0.2, -0.15) is 0 Å². The maximum Gasteiger partial charge on any atom is 0.290 e. The summed E-state index contributed by atoms with van der Waals surface area (Å²) in [6, 6.07) is 5.19. The molecular weight excluding hydrogens is 200 g/mol. The number of nitrogens with zero attached hydrogens (tertiary/aromatic N) is 1. The number of aromatic nitrogens is 1. The molecule has 15 heavy (non-hydrogen) atoms. The Morgan fingerprint density at radius 1 is 1.33 bits per heavy atom. The van der Waals surface area contributed by atoms with Gasteiger partial charge in [0.2, 0.25) is 0 Å². The summed E-state index contributed by atoms with van der Waals surface area (Å²) < 4.78 is 0. The minimum absolute atomic E-state index is 0.0889. The Morgan fingerprint density at radius 3 is 2.73 bits per heavy atom. The number of rotatable bonds is 1. The van der Waals surface area contributed by atoms with Gasteiger partial charge in [-0.1, -0.05) is 0 Å². The lowest BCUT2D eigenvalue weighted by Gasteiger charge is -1.98. The van der Waals surface area contributed by atoms with Crippen LogP contribution in [0.5, 0.6) is 5.75 Å². The fourth-order valence-corrected chi connectivity index (χ4v) is 1.30. The summed E-state index contributed by atoms with van der Waals surface area (Å²) in [4.78, 5) is 23.3. The van der Waals surface area contributed by atoms with Crippen molar-refractivity contribution in [1.29, 1.82) is 0 Å². The largest absolute Gasteiger partial charge is 0.503 e. The van der Waals surface area contributed by atoms with Gasteiger partial charge in [-0.15, -0.1) is 0 Å². The third-order valence-corrected chi connectivity index (χ3v) is 2.02. The summed E-state index contributed by atoms with van der Waals surface area (Å²) in [6.07, 6.45) is 0. The molecule has 0 unspecified atom stereocenters. The smallest absolute Gasteiger partial charge is 0.290 e. The van der Waals surface area contributed by atoms with Crippen LogP contribution in [0.25, 0.3) is 10.9 Å². The lowest BCUT2D eigenvalue weighted by molar-refractivity contribution is -0.384. The number of fused-ring (bicyclic) bond motifs is 1. The number of nitro benzene ring substituents is 1. The molecule has 2 rings (SSSR count). The van der Waals surface area contributed by atoms with Gasteiger partial charge in [0.15, 0.2) is 5.75 Å². The lowest BCUT2D eigenvalue weighted by atomic mass is 10.2. The zero-order chi connectivity index (χ0) is 11.0. The molecule has 1 aromatic carbocycles. The molecule has 2 N–H and O–H groups in total. The monoisotopic (exact) mass is 206 g/mol. The van der Waals surface area contributed by atoms with E-state index in [0.717, 1.165) is 0 Å². The number of hydrogen-bond donors (Lipinski definition) is 2. The maximum absolute atomic E-state index is 11.0. The van der Waals surface area contributed by atoms with E-state index in [1.54, 1.807) is 0 Å². The molecule has 0 saturated carbocycles. The summed E-state index contributed by atoms with van der Waals surface area (Å²) in [5.41, 5.74) is -0.256. The van der Waals surface area contributed by atoms with Crippen LogP contribution in [0.3, 0.4) is 0 Å². The van der Waals surface area contributed by atoms with Crippen LogP contribution in [0.2, 0.25) is 0 Å². The average Bonchev–Trinajstić information content (AvgIpc) is 2.19. The SMILES string of the molecule is O=c1[nH]c2ccc([N+](=O)[O-])cc2cc1O. The summed E-state index contributed by atoms with van der Waals surface area (Å²) in [5.74, 6) is -0.456. The van der Waals surface area contributed by atoms with Gasteiger partial charge in [0.1, 0.15) is 0 Å². The molecule has 0 aliphatic heterocycles. The van der Waals surface area contributed by atoms with Gasteiger partial charge in [-0.05, 0) is 12.1 Å². The van der Waals surface area contributed by atoms with Gasteiger partial charge in [-0.3, -0.25) is 14.9 Å². The first-order valence-electron chi connectivity index (χ1n) is 4.08. The van der Waals surface area contributed by atoms with E-state index in [9.17, 15) is 14.9 Å². The summed E-state index contributed by atoms with van der Waals surface area (Å²) >= 11 is 0. The molecule has 0 aliphatic rings. The van der Waals surface area contributed by atoms with Crippen LogP contribution < -0.4 is 5.56 Å². The van der Waals surface area contributed by atoms with Crippen molar-refractivity contribution in [3.8, 4) is 5.75 Å². The molecule has 76 valence electrons. The third kappa shape index (κ3) is 1.52. The highest BCUT2D eigenvalue weighted by molar-refractivity contribution is 5.81. The predicted molar refractivity (Wildman–Crippen MR) is 52.9 cm³/mol. The number of hydrogen-bond acceptors (Lipinski definition) is 4. The molecular formula is C9H6N2O4. The number of nitrogens with one attached hydrogen (secondary N) is 1.